The van der Waals surface area contributed by atoms with Crippen molar-refractivity contribution in [2.24, 2.45) is 0 Å². The van der Waals surface area contributed by atoms with E-state index < -0.39 is 9.96 Å². The van der Waals surface area contributed by atoms with Gasteiger partial charge in [-0.3, -0.25) is 4.79 Å². The Bertz CT molecular complexity index is 751. The summed E-state index contributed by atoms with van der Waals surface area (Å²) in [5.41, 5.74) is 0.922. The lowest BCUT2D eigenvalue weighted by Gasteiger charge is -2.28. The molecule has 0 saturated carbocycles. The maximum Gasteiger partial charge on any atom is 0.253 e. The summed E-state index contributed by atoms with van der Waals surface area (Å²) in [5.74, 6) is -0.387. The van der Waals surface area contributed by atoms with Crippen LogP contribution in [0.25, 0.3) is 0 Å². The summed E-state index contributed by atoms with van der Waals surface area (Å²) in [7, 11) is 0. The zero-order chi connectivity index (χ0) is 17.9. The van der Waals surface area contributed by atoms with Crippen LogP contribution >= 0.6 is 80.6 Å². The molecule has 3 nitrogen and oxygen atoms in total. The fourth-order valence-corrected chi connectivity index (χ4v) is 3.14. The molecule has 0 fully saturated rings. The molecule has 2 aromatic rings. The van der Waals surface area contributed by atoms with Crippen LogP contribution in [0, 0.1) is 3.57 Å². The second-order valence-corrected chi connectivity index (χ2v) is 9.19. The third-order valence-corrected chi connectivity index (χ3v) is 4.79. The van der Waals surface area contributed by atoms with Gasteiger partial charge in [-0.05, 0) is 59.0 Å². The molecule has 0 aliphatic rings. The molecule has 0 heterocycles. The molecule has 1 unspecified atom stereocenters. The van der Waals surface area contributed by atoms with Crippen molar-refractivity contribution in [2.45, 2.75) is 9.96 Å². The number of anilines is 1. The molecule has 1 amide bonds. The summed E-state index contributed by atoms with van der Waals surface area (Å²) in [5, 5.41) is 6.37. The van der Waals surface area contributed by atoms with Gasteiger partial charge in [0.1, 0.15) is 6.17 Å². The largest absolute Gasteiger partial charge is 0.361 e. The van der Waals surface area contributed by atoms with Crippen LogP contribution in [0.2, 0.25) is 10.0 Å². The second kappa shape index (κ2) is 8.52. The van der Waals surface area contributed by atoms with Gasteiger partial charge in [-0.2, -0.15) is 0 Å². The number of amides is 1. The molecule has 0 radical (unpaired) electrons. The van der Waals surface area contributed by atoms with Crippen molar-refractivity contribution < 1.29 is 4.79 Å². The van der Waals surface area contributed by atoms with Gasteiger partial charge in [0.05, 0.1) is 10.7 Å². The number of halogens is 6. The van der Waals surface area contributed by atoms with E-state index in [2.05, 4.69) is 33.2 Å². The van der Waals surface area contributed by atoms with Crippen molar-refractivity contribution >= 4 is 92.2 Å². The van der Waals surface area contributed by atoms with Gasteiger partial charge >= 0.3 is 0 Å². The van der Waals surface area contributed by atoms with Crippen LogP contribution in [0.5, 0.6) is 0 Å². The lowest BCUT2D eigenvalue weighted by Crippen LogP contribution is -2.49. The van der Waals surface area contributed by atoms with Crippen LogP contribution < -0.4 is 10.6 Å². The summed E-state index contributed by atoms with van der Waals surface area (Å²) in [4.78, 5) is 12.4. The van der Waals surface area contributed by atoms with Gasteiger partial charge in [-0.25, -0.2) is 0 Å². The highest BCUT2D eigenvalue weighted by Gasteiger charge is 2.34. The van der Waals surface area contributed by atoms with Gasteiger partial charge in [0.15, 0.2) is 0 Å². The van der Waals surface area contributed by atoms with Crippen LogP contribution in [-0.4, -0.2) is 15.9 Å². The minimum atomic E-state index is -1.81. The normalized spacial score (nSPS) is 12.6. The van der Waals surface area contributed by atoms with E-state index in [9.17, 15) is 4.79 Å². The summed E-state index contributed by atoms with van der Waals surface area (Å²) in [6, 6.07) is 11.8. The monoisotopic (exact) mass is 536 g/mol. The summed E-state index contributed by atoms with van der Waals surface area (Å²) < 4.78 is -0.889. The number of nitrogens with one attached hydrogen (secondary N) is 2. The molecular formula is C15H10Cl5IN2O. The van der Waals surface area contributed by atoms with Crippen molar-refractivity contribution in [1.29, 1.82) is 0 Å². The molecule has 9 heteroatoms. The van der Waals surface area contributed by atoms with E-state index in [0.717, 1.165) is 3.57 Å². The predicted molar refractivity (Wildman–Crippen MR) is 111 cm³/mol. The molecule has 0 aliphatic heterocycles. The number of alkyl halides is 3. The third-order valence-electron chi connectivity index (χ3n) is 2.92. The molecule has 0 bridgehead atoms. The first-order valence-electron chi connectivity index (χ1n) is 6.51. The first-order valence-corrected chi connectivity index (χ1v) is 9.48. The molecule has 2 rings (SSSR count). The average molecular weight is 538 g/mol. The second-order valence-electron chi connectivity index (χ2n) is 4.73. The molecule has 2 aromatic carbocycles. The van der Waals surface area contributed by atoms with Crippen LogP contribution in [0.1, 0.15) is 10.4 Å². The highest BCUT2D eigenvalue weighted by molar-refractivity contribution is 14.1. The van der Waals surface area contributed by atoms with E-state index in [1.807, 2.05) is 6.07 Å². The van der Waals surface area contributed by atoms with Crippen molar-refractivity contribution in [3.63, 3.8) is 0 Å². The Labute approximate surface area is 178 Å². The van der Waals surface area contributed by atoms with E-state index >= 15 is 0 Å². The molecule has 0 aliphatic carbocycles. The third kappa shape index (κ3) is 5.71. The molecule has 0 aromatic heterocycles. The zero-order valence-corrected chi connectivity index (χ0v) is 17.7. The Balaban J connectivity index is 2.21. The molecule has 1 atom stereocenters. The lowest BCUT2D eigenvalue weighted by molar-refractivity contribution is 0.0942. The van der Waals surface area contributed by atoms with Crippen molar-refractivity contribution in [3.8, 4) is 0 Å². The number of hydrogen-bond acceptors (Lipinski definition) is 2. The Kier molecular flexibility index (Phi) is 7.17. The van der Waals surface area contributed by atoms with Crippen molar-refractivity contribution in [1.82, 2.24) is 5.32 Å². The van der Waals surface area contributed by atoms with Crippen LogP contribution in [0.3, 0.4) is 0 Å². The van der Waals surface area contributed by atoms with E-state index in [4.69, 9.17) is 58.0 Å². The average Bonchev–Trinajstić information content (AvgIpc) is 2.48. The zero-order valence-electron chi connectivity index (χ0n) is 11.8. The first kappa shape index (κ1) is 20.2. The van der Waals surface area contributed by atoms with Gasteiger partial charge in [0, 0.05) is 14.2 Å². The van der Waals surface area contributed by atoms with Gasteiger partial charge in [0.2, 0.25) is 3.79 Å². The number of hydrogen-bond donors (Lipinski definition) is 2. The fraction of sp³-hybridized carbons (Fsp3) is 0.133. The Morgan fingerprint density at radius 2 is 1.79 bits per heavy atom. The van der Waals surface area contributed by atoms with E-state index in [-0.39, 0.29) is 5.91 Å². The standard InChI is InChI=1S/C15H10Cl5IN2O/c16-9-4-5-12(11(17)7-9)22-14(15(18,19)20)23-13(24)8-2-1-3-10(21)6-8/h1-7,14,22H,(H,23,24). The van der Waals surface area contributed by atoms with E-state index in [1.165, 1.54) is 0 Å². The number of carbonyl (C=O) groups excluding carboxylic acids is 1. The summed E-state index contributed by atoms with van der Waals surface area (Å²) >= 11 is 32.0. The Hall–Kier alpha value is -0.110. The minimum absolute atomic E-state index is 0.338. The van der Waals surface area contributed by atoms with Crippen LogP contribution in [-0.2, 0) is 0 Å². The van der Waals surface area contributed by atoms with Crippen LogP contribution in [0.4, 0.5) is 5.69 Å². The summed E-state index contributed by atoms with van der Waals surface area (Å²) in [6.45, 7) is 0. The lowest BCUT2D eigenvalue weighted by atomic mass is 10.2. The SMILES string of the molecule is O=C(NC(Nc1ccc(Cl)cc1Cl)C(Cl)(Cl)Cl)c1cccc(I)c1. The van der Waals surface area contributed by atoms with Gasteiger partial charge in [0.25, 0.3) is 5.91 Å². The predicted octanol–water partition coefficient (Wildman–Crippen LogP) is 6.14. The van der Waals surface area contributed by atoms with Gasteiger partial charge in [-0.15, -0.1) is 0 Å². The quantitative estimate of drug-likeness (QED) is 0.279. The van der Waals surface area contributed by atoms with Crippen molar-refractivity contribution in [3.05, 3.63) is 61.6 Å². The number of carbonyl (C=O) groups is 1. The highest BCUT2D eigenvalue weighted by atomic mass is 127. The molecular weight excluding hydrogens is 528 g/mol. The molecule has 128 valence electrons. The molecule has 24 heavy (non-hydrogen) atoms. The molecule has 0 spiro atoms. The van der Waals surface area contributed by atoms with Gasteiger partial charge in [-0.1, -0.05) is 64.1 Å². The number of rotatable bonds is 4. The van der Waals surface area contributed by atoms with Gasteiger partial charge < -0.3 is 10.6 Å². The Morgan fingerprint density at radius 1 is 1.08 bits per heavy atom. The smallest absolute Gasteiger partial charge is 0.253 e. The fourth-order valence-electron chi connectivity index (χ4n) is 1.81. The van der Waals surface area contributed by atoms with Crippen LogP contribution in [0.15, 0.2) is 42.5 Å². The number of benzene rings is 2. The van der Waals surface area contributed by atoms with Crippen molar-refractivity contribution in [2.75, 3.05) is 5.32 Å². The van der Waals surface area contributed by atoms with E-state index in [0.29, 0.717) is 21.3 Å². The molecule has 0 saturated heterocycles. The highest BCUT2D eigenvalue weighted by Crippen LogP contribution is 2.33. The Morgan fingerprint density at radius 3 is 2.38 bits per heavy atom. The topological polar surface area (TPSA) is 41.1 Å². The molecule has 2 N–H and O–H groups in total. The van der Waals surface area contributed by atoms with E-state index in [1.54, 1.807) is 36.4 Å². The first-order chi connectivity index (χ1) is 11.2. The minimum Gasteiger partial charge on any atom is -0.361 e. The summed E-state index contributed by atoms with van der Waals surface area (Å²) in [6.07, 6.45) is -1.01. The maximum atomic E-state index is 12.4. The maximum absolute atomic E-state index is 12.4.